The molecule has 1 aliphatic heterocycles. The molecule has 2 N–H and O–H groups in total. The number of fused-ring (bicyclic) bond motifs is 1. The molecule has 0 bridgehead atoms. The molecule has 1 fully saturated rings. The predicted octanol–water partition coefficient (Wildman–Crippen LogP) is 2.65. The van der Waals surface area contributed by atoms with Crippen LogP contribution in [0.3, 0.4) is 0 Å². The third-order valence-corrected chi connectivity index (χ3v) is 4.72. The SMILES string of the molecule is OCC1CCCCCC1NCc1ccc2c(c1)CCO2. The maximum absolute atomic E-state index is 9.55. The minimum absolute atomic E-state index is 0.315. The lowest BCUT2D eigenvalue weighted by Gasteiger charge is -2.24. The molecular weight excluding hydrogens is 250 g/mol. The second-order valence-corrected chi connectivity index (χ2v) is 6.11. The molecule has 3 nitrogen and oxygen atoms in total. The number of aliphatic hydroxyl groups is 1. The molecular formula is C17H25NO2. The van der Waals surface area contributed by atoms with Crippen LogP contribution in [0.25, 0.3) is 0 Å². The Kier molecular flexibility index (Phi) is 4.58. The van der Waals surface area contributed by atoms with Crippen molar-refractivity contribution in [3.63, 3.8) is 0 Å². The van der Waals surface area contributed by atoms with Crippen LogP contribution in [0.15, 0.2) is 18.2 Å². The van der Waals surface area contributed by atoms with Crippen molar-refractivity contribution in [1.29, 1.82) is 0 Å². The fourth-order valence-electron chi connectivity index (χ4n) is 3.47. The minimum Gasteiger partial charge on any atom is -0.493 e. The highest BCUT2D eigenvalue weighted by molar-refractivity contribution is 5.39. The van der Waals surface area contributed by atoms with Gasteiger partial charge >= 0.3 is 0 Å². The first-order valence-corrected chi connectivity index (χ1v) is 7.95. The normalized spacial score (nSPS) is 25.9. The standard InChI is InChI=1S/C17H25NO2/c19-12-15-4-2-1-3-5-16(15)18-11-13-6-7-17-14(10-13)8-9-20-17/h6-7,10,15-16,18-19H,1-5,8-9,11-12H2. The van der Waals surface area contributed by atoms with Crippen LogP contribution in [0.1, 0.15) is 43.2 Å². The zero-order valence-electron chi connectivity index (χ0n) is 12.1. The highest BCUT2D eigenvalue weighted by Gasteiger charge is 2.22. The molecule has 1 aromatic carbocycles. The van der Waals surface area contributed by atoms with E-state index in [2.05, 4.69) is 23.5 Å². The number of benzene rings is 1. The molecule has 0 saturated heterocycles. The fraction of sp³-hybridized carbons (Fsp3) is 0.647. The van der Waals surface area contributed by atoms with E-state index < -0.39 is 0 Å². The van der Waals surface area contributed by atoms with Crippen LogP contribution in [0.4, 0.5) is 0 Å². The quantitative estimate of drug-likeness (QED) is 0.830. The molecule has 3 heteroatoms. The van der Waals surface area contributed by atoms with Gasteiger partial charge in [0.2, 0.25) is 0 Å². The number of hydrogen-bond acceptors (Lipinski definition) is 3. The maximum Gasteiger partial charge on any atom is 0.122 e. The van der Waals surface area contributed by atoms with Crippen molar-refractivity contribution in [2.75, 3.05) is 13.2 Å². The van der Waals surface area contributed by atoms with Crippen molar-refractivity contribution in [3.05, 3.63) is 29.3 Å². The third kappa shape index (κ3) is 3.15. The minimum atomic E-state index is 0.315. The van der Waals surface area contributed by atoms with Gasteiger partial charge in [0.05, 0.1) is 6.61 Å². The smallest absolute Gasteiger partial charge is 0.122 e. The molecule has 110 valence electrons. The van der Waals surface area contributed by atoms with Gasteiger partial charge in [0, 0.05) is 25.6 Å². The molecule has 3 rings (SSSR count). The van der Waals surface area contributed by atoms with Gasteiger partial charge in [0.15, 0.2) is 0 Å². The number of ether oxygens (including phenoxy) is 1. The van der Waals surface area contributed by atoms with Crippen LogP contribution < -0.4 is 10.1 Å². The van der Waals surface area contributed by atoms with Crippen LogP contribution in [-0.4, -0.2) is 24.4 Å². The van der Waals surface area contributed by atoms with Crippen molar-refractivity contribution in [1.82, 2.24) is 5.32 Å². The summed E-state index contributed by atoms with van der Waals surface area (Å²) in [5, 5.41) is 13.2. The van der Waals surface area contributed by atoms with E-state index in [1.165, 1.54) is 36.8 Å². The van der Waals surface area contributed by atoms with Crippen LogP contribution >= 0.6 is 0 Å². The summed E-state index contributed by atoms with van der Waals surface area (Å²) >= 11 is 0. The van der Waals surface area contributed by atoms with E-state index in [4.69, 9.17) is 4.74 Å². The number of aliphatic hydroxyl groups excluding tert-OH is 1. The van der Waals surface area contributed by atoms with E-state index in [-0.39, 0.29) is 0 Å². The average Bonchev–Trinajstić information content (AvgIpc) is 2.82. The zero-order chi connectivity index (χ0) is 13.8. The first-order valence-electron chi connectivity index (χ1n) is 7.95. The molecule has 1 aromatic rings. The van der Waals surface area contributed by atoms with Crippen molar-refractivity contribution >= 4 is 0 Å². The lowest BCUT2D eigenvalue weighted by atomic mass is 9.95. The van der Waals surface area contributed by atoms with Gasteiger partial charge in [-0.1, -0.05) is 31.4 Å². The van der Waals surface area contributed by atoms with Crippen molar-refractivity contribution < 1.29 is 9.84 Å². The topological polar surface area (TPSA) is 41.5 Å². The summed E-state index contributed by atoms with van der Waals surface area (Å²) in [4.78, 5) is 0. The fourth-order valence-corrected chi connectivity index (χ4v) is 3.47. The van der Waals surface area contributed by atoms with E-state index in [0.717, 1.165) is 31.7 Å². The largest absolute Gasteiger partial charge is 0.493 e. The van der Waals surface area contributed by atoms with Gasteiger partial charge in [-0.15, -0.1) is 0 Å². The molecule has 0 aromatic heterocycles. The van der Waals surface area contributed by atoms with Crippen molar-refractivity contribution in [3.8, 4) is 5.75 Å². The van der Waals surface area contributed by atoms with Crippen molar-refractivity contribution in [2.45, 2.75) is 51.1 Å². The Morgan fingerprint density at radius 1 is 1.20 bits per heavy atom. The molecule has 0 radical (unpaired) electrons. The Morgan fingerprint density at radius 2 is 2.10 bits per heavy atom. The third-order valence-electron chi connectivity index (χ3n) is 4.72. The highest BCUT2D eigenvalue weighted by atomic mass is 16.5. The van der Waals surface area contributed by atoms with Gasteiger partial charge in [0.1, 0.15) is 5.75 Å². The Labute approximate surface area is 121 Å². The summed E-state index contributed by atoms with van der Waals surface area (Å²) in [6.45, 7) is 2.03. The van der Waals surface area contributed by atoms with Gasteiger partial charge in [-0.2, -0.15) is 0 Å². The first-order chi connectivity index (χ1) is 9.86. The van der Waals surface area contributed by atoms with Gasteiger partial charge in [-0.3, -0.25) is 0 Å². The molecule has 2 atom stereocenters. The summed E-state index contributed by atoms with van der Waals surface area (Å²) < 4.78 is 5.55. The Balaban J connectivity index is 1.60. The second kappa shape index (κ2) is 6.59. The predicted molar refractivity (Wildman–Crippen MR) is 79.9 cm³/mol. The maximum atomic E-state index is 9.55. The summed E-state index contributed by atoms with van der Waals surface area (Å²) in [6, 6.07) is 6.98. The van der Waals surface area contributed by atoms with E-state index in [1.807, 2.05) is 0 Å². The van der Waals surface area contributed by atoms with Crippen LogP contribution in [0, 0.1) is 5.92 Å². The Bertz CT molecular complexity index is 447. The Morgan fingerprint density at radius 3 is 3.00 bits per heavy atom. The van der Waals surface area contributed by atoms with Crippen LogP contribution in [0.5, 0.6) is 5.75 Å². The molecule has 1 aliphatic carbocycles. The molecule has 20 heavy (non-hydrogen) atoms. The molecule has 0 spiro atoms. The van der Waals surface area contributed by atoms with Gasteiger partial charge in [-0.25, -0.2) is 0 Å². The molecule has 2 aliphatic rings. The average molecular weight is 275 g/mol. The molecule has 2 unspecified atom stereocenters. The highest BCUT2D eigenvalue weighted by Crippen LogP contribution is 2.27. The van der Waals surface area contributed by atoms with Crippen LogP contribution in [-0.2, 0) is 13.0 Å². The summed E-state index contributed by atoms with van der Waals surface area (Å²) in [5.41, 5.74) is 2.67. The van der Waals surface area contributed by atoms with E-state index in [9.17, 15) is 5.11 Å². The lowest BCUT2D eigenvalue weighted by Crippen LogP contribution is -2.36. The number of nitrogens with one attached hydrogen (secondary N) is 1. The van der Waals surface area contributed by atoms with Gasteiger partial charge in [0.25, 0.3) is 0 Å². The lowest BCUT2D eigenvalue weighted by molar-refractivity contribution is 0.181. The number of hydrogen-bond donors (Lipinski definition) is 2. The summed E-state index contributed by atoms with van der Waals surface area (Å²) in [7, 11) is 0. The van der Waals surface area contributed by atoms with E-state index >= 15 is 0 Å². The van der Waals surface area contributed by atoms with Crippen LogP contribution in [0.2, 0.25) is 0 Å². The van der Waals surface area contributed by atoms with Crippen molar-refractivity contribution in [2.24, 2.45) is 5.92 Å². The Hall–Kier alpha value is -1.06. The van der Waals surface area contributed by atoms with E-state index in [0.29, 0.717) is 18.6 Å². The summed E-state index contributed by atoms with van der Waals surface area (Å²) in [6.07, 6.45) is 7.24. The first kappa shape index (κ1) is 13.9. The molecule has 0 amide bonds. The second-order valence-electron chi connectivity index (χ2n) is 6.11. The van der Waals surface area contributed by atoms with Gasteiger partial charge in [-0.05, 0) is 36.0 Å². The number of rotatable bonds is 4. The monoisotopic (exact) mass is 275 g/mol. The van der Waals surface area contributed by atoms with E-state index in [1.54, 1.807) is 0 Å². The summed E-state index contributed by atoms with van der Waals surface area (Å²) in [5.74, 6) is 1.48. The molecule has 1 heterocycles. The van der Waals surface area contributed by atoms with Gasteiger partial charge < -0.3 is 15.2 Å². The zero-order valence-corrected chi connectivity index (χ0v) is 12.1. The molecule has 1 saturated carbocycles.